The van der Waals surface area contributed by atoms with Crippen molar-refractivity contribution >= 4 is 11.9 Å². The highest BCUT2D eigenvalue weighted by Crippen LogP contribution is 2.08. The number of para-hydroxylation sites is 1. The molecule has 6 nitrogen and oxygen atoms in total. The van der Waals surface area contributed by atoms with Crippen LogP contribution in [0.5, 0.6) is 5.75 Å². The van der Waals surface area contributed by atoms with Crippen LogP contribution < -0.4 is 15.4 Å². The van der Waals surface area contributed by atoms with Gasteiger partial charge in [0.05, 0.1) is 13.7 Å². The van der Waals surface area contributed by atoms with Crippen LogP contribution in [0.3, 0.4) is 0 Å². The number of carbonyl (C=O) groups is 1. The predicted molar refractivity (Wildman–Crippen MR) is 101 cm³/mol. The van der Waals surface area contributed by atoms with Crippen LogP contribution in [0.1, 0.15) is 39.0 Å². The number of esters is 1. The molecular formula is C19H31N3O3. The van der Waals surface area contributed by atoms with Gasteiger partial charge in [0.2, 0.25) is 0 Å². The molecule has 1 aromatic carbocycles. The number of aliphatic imine (C=N–C) groups is 1. The molecule has 0 fully saturated rings. The third-order valence-electron chi connectivity index (χ3n) is 3.51. The number of unbranched alkanes of at least 4 members (excludes halogenated alkanes) is 2. The van der Waals surface area contributed by atoms with E-state index >= 15 is 0 Å². The van der Waals surface area contributed by atoms with E-state index in [9.17, 15) is 4.79 Å². The van der Waals surface area contributed by atoms with Crippen LogP contribution >= 0.6 is 0 Å². The van der Waals surface area contributed by atoms with Gasteiger partial charge >= 0.3 is 5.97 Å². The Morgan fingerprint density at radius 3 is 2.60 bits per heavy atom. The van der Waals surface area contributed by atoms with Gasteiger partial charge in [0.15, 0.2) is 5.96 Å². The molecule has 0 amide bonds. The standard InChI is InChI=1S/C19H31N3O3/c1-3-20-19(21-14-9-5-8-13-18(23)24-2)22-15-10-16-25-17-11-6-4-7-12-17/h4,6-7,11-12H,3,5,8-10,13-16H2,1-2H3,(H2,20,21,22). The number of hydrogen-bond acceptors (Lipinski definition) is 4. The third-order valence-corrected chi connectivity index (χ3v) is 3.51. The molecule has 0 heterocycles. The van der Waals surface area contributed by atoms with Gasteiger partial charge in [-0.3, -0.25) is 9.79 Å². The summed E-state index contributed by atoms with van der Waals surface area (Å²) >= 11 is 0. The Morgan fingerprint density at radius 1 is 1.08 bits per heavy atom. The molecule has 0 saturated carbocycles. The topological polar surface area (TPSA) is 72.0 Å². The first-order chi connectivity index (χ1) is 12.3. The molecule has 6 heteroatoms. The molecular weight excluding hydrogens is 318 g/mol. The van der Waals surface area contributed by atoms with Gasteiger partial charge in [0.1, 0.15) is 5.75 Å². The number of methoxy groups -OCH3 is 1. The first-order valence-electron chi connectivity index (χ1n) is 9.03. The Balaban J connectivity index is 2.12. The van der Waals surface area contributed by atoms with Crippen molar-refractivity contribution in [3.05, 3.63) is 30.3 Å². The number of rotatable bonds is 12. The van der Waals surface area contributed by atoms with Crippen molar-refractivity contribution in [3.8, 4) is 5.75 Å². The molecule has 25 heavy (non-hydrogen) atoms. The number of ether oxygens (including phenoxy) is 2. The lowest BCUT2D eigenvalue weighted by Crippen LogP contribution is -2.37. The van der Waals surface area contributed by atoms with Gasteiger partial charge < -0.3 is 20.1 Å². The fourth-order valence-corrected chi connectivity index (χ4v) is 2.18. The van der Waals surface area contributed by atoms with Gasteiger partial charge in [-0.2, -0.15) is 0 Å². The van der Waals surface area contributed by atoms with E-state index in [0.29, 0.717) is 19.6 Å². The SMILES string of the molecule is CCNC(=NCCCOc1ccccc1)NCCCCCC(=O)OC. The van der Waals surface area contributed by atoms with Crippen LogP contribution in [0.25, 0.3) is 0 Å². The van der Waals surface area contributed by atoms with Gasteiger partial charge in [-0.15, -0.1) is 0 Å². The zero-order valence-electron chi connectivity index (χ0n) is 15.4. The molecule has 0 aliphatic carbocycles. The second-order valence-corrected chi connectivity index (χ2v) is 5.59. The molecule has 0 bridgehead atoms. The van der Waals surface area contributed by atoms with Crippen LogP contribution in [0.4, 0.5) is 0 Å². The van der Waals surface area contributed by atoms with Crippen molar-refractivity contribution in [3.63, 3.8) is 0 Å². The summed E-state index contributed by atoms with van der Waals surface area (Å²) < 4.78 is 10.3. The van der Waals surface area contributed by atoms with Crippen LogP contribution in [0.2, 0.25) is 0 Å². The summed E-state index contributed by atoms with van der Waals surface area (Å²) in [6.45, 7) is 5.08. The van der Waals surface area contributed by atoms with Gasteiger partial charge in [-0.1, -0.05) is 24.6 Å². The number of guanidine groups is 1. The molecule has 0 aromatic heterocycles. The van der Waals surface area contributed by atoms with E-state index in [1.165, 1.54) is 7.11 Å². The van der Waals surface area contributed by atoms with Crippen molar-refractivity contribution in [1.82, 2.24) is 10.6 Å². The molecule has 0 saturated heterocycles. The molecule has 0 spiro atoms. The quantitative estimate of drug-likeness (QED) is 0.263. The fraction of sp³-hybridized carbons (Fsp3) is 0.579. The minimum atomic E-state index is -0.138. The van der Waals surface area contributed by atoms with E-state index in [-0.39, 0.29) is 5.97 Å². The lowest BCUT2D eigenvalue weighted by Gasteiger charge is -2.11. The second kappa shape index (κ2) is 14.1. The Labute approximate surface area is 151 Å². The van der Waals surface area contributed by atoms with E-state index in [1.807, 2.05) is 37.3 Å². The molecule has 0 aliphatic heterocycles. The van der Waals surface area contributed by atoms with E-state index in [4.69, 9.17) is 4.74 Å². The van der Waals surface area contributed by atoms with Gasteiger partial charge in [0.25, 0.3) is 0 Å². The van der Waals surface area contributed by atoms with Crippen molar-refractivity contribution in [2.75, 3.05) is 33.4 Å². The monoisotopic (exact) mass is 349 g/mol. The number of nitrogens with one attached hydrogen (secondary N) is 2. The molecule has 0 atom stereocenters. The maximum Gasteiger partial charge on any atom is 0.305 e. The first kappa shape index (κ1) is 20.8. The highest BCUT2D eigenvalue weighted by Gasteiger charge is 2.00. The molecule has 2 N–H and O–H groups in total. The number of hydrogen-bond donors (Lipinski definition) is 2. The average molecular weight is 349 g/mol. The number of benzene rings is 1. The zero-order valence-corrected chi connectivity index (χ0v) is 15.4. The van der Waals surface area contributed by atoms with Crippen molar-refractivity contribution in [1.29, 1.82) is 0 Å². The molecule has 0 unspecified atom stereocenters. The molecule has 1 rings (SSSR count). The highest BCUT2D eigenvalue weighted by molar-refractivity contribution is 5.79. The van der Waals surface area contributed by atoms with E-state index < -0.39 is 0 Å². The first-order valence-corrected chi connectivity index (χ1v) is 9.03. The Bertz CT molecular complexity index is 492. The maximum absolute atomic E-state index is 11.0. The summed E-state index contributed by atoms with van der Waals surface area (Å²) in [5.74, 6) is 1.58. The summed E-state index contributed by atoms with van der Waals surface area (Å²) in [4.78, 5) is 15.6. The lowest BCUT2D eigenvalue weighted by atomic mass is 10.2. The van der Waals surface area contributed by atoms with Crippen LogP contribution in [0, 0.1) is 0 Å². The van der Waals surface area contributed by atoms with Crippen molar-refractivity contribution in [2.45, 2.75) is 39.0 Å². The highest BCUT2D eigenvalue weighted by atomic mass is 16.5. The summed E-state index contributed by atoms with van der Waals surface area (Å²) in [5, 5.41) is 6.55. The zero-order chi connectivity index (χ0) is 18.2. The van der Waals surface area contributed by atoms with Gasteiger partial charge in [-0.25, -0.2) is 0 Å². The van der Waals surface area contributed by atoms with Crippen molar-refractivity contribution < 1.29 is 14.3 Å². The van der Waals surface area contributed by atoms with Gasteiger partial charge in [-0.05, 0) is 31.9 Å². The largest absolute Gasteiger partial charge is 0.494 e. The molecule has 0 radical (unpaired) electrons. The van der Waals surface area contributed by atoms with E-state index in [0.717, 1.165) is 50.5 Å². The van der Waals surface area contributed by atoms with Gasteiger partial charge in [0, 0.05) is 32.5 Å². The molecule has 1 aromatic rings. The third kappa shape index (κ3) is 11.0. The fourth-order valence-electron chi connectivity index (χ4n) is 2.18. The summed E-state index contributed by atoms with van der Waals surface area (Å²) in [5.41, 5.74) is 0. The molecule has 0 aliphatic rings. The Kier molecular flexibility index (Phi) is 11.8. The van der Waals surface area contributed by atoms with Crippen LogP contribution in [0.15, 0.2) is 35.3 Å². The summed E-state index contributed by atoms with van der Waals surface area (Å²) in [6, 6.07) is 9.81. The molecule has 140 valence electrons. The summed E-state index contributed by atoms with van der Waals surface area (Å²) in [7, 11) is 1.42. The van der Waals surface area contributed by atoms with Crippen molar-refractivity contribution in [2.24, 2.45) is 4.99 Å². The Hall–Kier alpha value is -2.24. The minimum Gasteiger partial charge on any atom is -0.494 e. The predicted octanol–water partition coefficient (Wildman–Crippen LogP) is 2.74. The number of nitrogens with zero attached hydrogens (tertiary/aromatic N) is 1. The average Bonchev–Trinajstić information content (AvgIpc) is 2.64. The minimum absolute atomic E-state index is 0.138. The van der Waals surface area contributed by atoms with Crippen LogP contribution in [-0.2, 0) is 9.53 Å². The maximum atomic E-state index is 11.0. The Morgan fingerprint density at radius 2 is 1.88 bits per heavy atom. The smallest absolute Gasteiger partial charge is 0.305 e. The van der Waals surface area contributed by atoms with E-state index in [2.05, 4.69) is 20.4 Å². The lowest BCUT2D eigenvalue weighted by molar-refractivity contribution is -0.140. The normalized spacial score (nSPS) is 11.0. The van der Waals surface area contributed by atoms with Crippen LogP contribution in [-0.4, -0.2) is 45.3 Å². The second-order valence-electron chi connectivity index (χ2n) is 5.59. The summed E-state index contributed by atoms with van der Waals surface area (Å²) in [6.07, 6.45) is 4.21. The number of carbonyl (C=O) groups excluding carboxylic acids is 1. The van der Waals surface area contributed by atoms with E-state index in [1.54, 1.807) is 0 Å².